The molecule has 0 spiro atoms. The zero-order valence-corrected chi connectivity index (χ0v) is 17.1. The van der Waals surface area contributed by atoms with Gasteiger partial charge in [-0.25, -0.2) is 24.0 Å². The number of halogens is 1. The minimum atomic E-state index is -0.377. The molecule has 0 unspecified atom stereocenters. The van der Waals surface area contributed by atoms with Crippen molar-refractivity contribution in [1.82, 2.24) is 34.6 Å². The van der Waals surface area contributed by atoms with E-state index in [0.717, 1.165) is 0 Å². The van der Waals surface area contributed by atoms with Crippen molar-refractivity contribution < 1.29 is 9.18 Å². The number of aromatic nitrogens is 6. The number of nitrogens with zero attached hydrogens (tertiary/aromatic N) is 6. The third kappa shape index (κ3) is 4.94. The first-order chi connectivity index (χ1) is 15.1. The smallest absolute Gasteiger partial charge is 0.264 e. The Balaban J connectivity index is 1.37. The first kappa shape index (κ1) is 20.7. The van der Waals surface area contributed by atoms with Gasteiger partial charge in [0.2, 0.25) is 5.91 Å². The Hall–Kier alpha value is -3.60. The topological polar surface area (TPSA) is 108 Å². The van der Waals surface area contributed by atoms with Gasteiger partial charge in [0.05, 0.1) is 25.0 Å². The third-order valence-corrected chi connectivity index (χ3v) is 5.32. The Morgan fingerprint density at radius 1 is 1.13 bits per heavy atom. The Bertz CT molecular complexity index is 1260. The van der Waals surface area contributed by atoms with E-state index in [1.807, 2.05) is 0 Å². The van der Waals surface area contributed by atoms with Crippen LogP contribution in [0.15, 0.2) is 65.2 Å². The molecule has 0 bridgehead atoms. The quantitative estimate of drug-likeness (QED) is 0.327. The van der Waals surface area contributed by atoms with Gasteiger partial charge in [-0.05, 0) is 12.1 Å². The fourth-order valence-electron chi connectivity index (χ4n) is 2.93. The predicted molar refractivity (Wildman–Crippen MR) is 113 cm³/mol. The van der Waals surface area contributed by atoms with Crippen LogP contribution in [0.1, 0.15) is 5.56 Å². The van der Waals surface area contributed by atoms with E-state index in [4.69, 9.17) is 0 Å². The van der Waals surface area contributed by atoms with Crippen LogP contribution in [0.25, 0.3) is 11.0 Å². The van der Waals surface area contributed by atoms with Crippen molar-refractivity contribution in [2.75, 3.05) is 12.3 Å². The minimum absolute atomic E-state index is 0.0818. The van der Waals surface area contributed by atoms with Crippen molar-refractivity contribution in [3.63, 3.8) is 0 Å². The molecule has 1 amide bonds. The van der Waals surface area contributed by atoms with E-state index in [0.29, 0.717) is 34.8 Å². The molecular weight excluding hydrogens is 421 g/mol. The van der Waals surface area contributed by atoms with Crippen LogP contribution in [-0.4, -0.2) is 47.5 Å². The van der Waals surface area contributed by atoms with Gasteiger partial charge in [0.25, 0.3) is 5.56 Å². The molecule has 0 aliphatic rings. The molecule has 0 fully saturated rings. The molecule has 4 aromatic rings. The van der Waals surface area contributed by atoms with Crippen LogP contribution in [-0.2, 0) is 17.9 Å². The number of thioether (sulfide) groups is 1. The molecular formula is C20H18FN7O2S. The Labute approximate surface area is 180 Å². The summed E-state index contributed by atoms with van der Waals surface area (Å²) in [6, 6.07) is 8.00. The summed E-state index contributed by atoms with van der Waals surface area (Å²) in [6.07, 6.45) is 6.05. The highest BCUT2D eigenvalue weighted by molar-refractivity contribution is 7.99. The Morgan fingerprint density at radius 3 is 2.74 bits per heavy atom. The minimum Gasteiger partial charge on any atom is -0.354 e. The number of nitrogens with one attached hydrogen (secondary N) is 1. The van der Waals surface area contributed by atoms with Crippen molar-refractivity contribution >= 4 is 28.7 Å². The second-order valence-corrected chi connectivity index (χ2v) is 7.49. The molecule has 158 valence electrons. The standard InChI is InChI=1S/C20H18FN7O2S/c21-16-5-2-1-4-14(16)11-27-13-25-18-15(19(27)30)10-26-28(18)9-8-22-17(29)12-31-20-23-6-3-7-24-20/h1-7,10,13H,8-9,11-12H2,(H,22,29). The maximum atomic E-state index is 13.9. The van der Waals surface area contributed by atoms with Crippen LogP contribution in [0.4, 0.5) is 4.39 Å². The van der Waals surface area contributed by atoms with Gasteiger partial charge in [-0.15, -0.1) is 0 Å². The zero-order valence-electron chi connectivity index (χ0n) is 16.3. The van der Waals surface area contributed by atoms with Crippen LogP contribution in [0.5, 0.6) is 0 Å². The van der Waals surface area contributed by atoms with Crippen molar-refractivity contribution in [3.05, 3.63) is 77.0 Å². The lowest BCUT2D eigenvalue weighted by Crippen LogP contribution is -2.29. The second-order valence-electron chi connectivity index (χ2n) is 6.54. The van der Waals surface area contributed by atoms with Crippen molar-refractivity contribution in [1.29, 1.82) is 0 Å². The number of benzene rings is 1. The highest BCUT2D eigenvalue weighted by Crippen LogP contribution is 2.11. The number of rotatable bonds is 8. The number of carbonyl (C=O) groups is 1. The van der Waals surface area contributed by atoms with Crippen LogP contribution in [0.3, 0.4) is 0 Å². The lowest BCUT2D eigenvalue weighted by Gasteiger charge is -2.08. The number of carbonyl (C=O) groups excluding carboxylic acids is 1. The molecule has 4 rings (SSSR count). The van der Waals surface area contributed by atoms with E-state index in [1.54, 1.807) is 41.3 Å². The zero-order chi connectivity index (χ0) is 21.6. The van der Waals surface area contributed by atoms with Gasteiger partial charge in [0.1, 0.15) is 17.5 Å². The Kier molecular flexibility index (Phi) is 6.32. The monoisotopic (exact) mass is 439 g/mol. The van der Waals surface area contributed by atoms with Crippen molar-refractivity contribution in [3.8, 4) is 0 Å². The van der Waals surface area contributed by atoms with Gasteiger partial charge in [0, 0.05) is 24.5 Å². The third-order valence-electron chi connectivity index (χ3n) is 4.44. The summed E-state index contributed by atoms with van der Waals surface area (Å²) in [4.78, 5) is 37.1. The van der Waals surface area contributed by atoms with E-state index in [2.05, 4.69) is 25.4 Å². The summed E-state index contributed by atoms with van der Waals surface area (Å²) >= 11 is 1.24. The van der Waals surface area contributed by atoms with Crippen LogP contribution in [0.2, 0.25) is 0 Å². The van der Waals surface area contributed by atoms with E-state index in [1.165, 1.54) is 34.9 Å². The first-order valence-electron chi connectivity index (χ1n) is 9.42. The largest absolute Gasteiger partial charge is 0.354 e. The van der Waals surface area contributed by atoms with Gasteiger partial charge < -0.3 is 5.32 Å². The molecule has 1 N–H and O–H groups in total. The van der Waals surface area contributed by atoms with Gasteiger partial charge >= 0.3 is 0 Å². The molecule has 0 atom stereocenters. The molecule has 9 nitrogen and oxygen atoms in total. The number of hydrogen-bond acceptors (Lipinski definition) is 7. The number of hydrogen-bond donors (Lipinski definition) is 1. The van der Waals surface area contributed by atoms with Gasteiger partial charge in [-0.3, -0.25) is 14.2 Å². The summed E-state index contributed by atoms with van der Waals surface area (Å²) in [5.74, 6) is -0.338. The number of fused-ring (bicyclic) bond motifs is 1. The lowest BCUT2D eigenvalue weighted by atomic mass is 10.2. The van der Waals surface area contributed by atoms with Crippen LogP contribution >= 0.6 is 11.8 Å². The van der Waals surface area contributed by atoms with Crippen molar-refractivity contribution in [2.45, 2.75) is 18.2 Å². The molecule has 0 saturated heterocycles. The van der Waals surface area contributed by atoms with E-state index in [9.17, 15) is 14.0 Å². The van der Waals surface area contributed by atoms with E-state index >= 15 is 0 Å². The summed E-state index contributed by atoms with van der Waals surface area (Å²) in [5, 5.41) is 7.86. The molecule has 31 heavy (non-hydrogen) atoms. The van der Waals surface area contributed by atoms with Crippen LogP contribution in [0, 0.1) is 5.82 Å². The molecule has 3 aromatic heterocycles. The fraction of sp³-hybridized carbons (Fsp3) is 0.200. The average Bonchev–Trinajstić information content (AvgIpc) is 3.20. The summed E-state index contributed by atoms with van der Waals surface area (Å²) in [5.41, 5.74) is 0.513. The van der Waals surface area contributed by atoms with Gasteiger partial charge in [-0.1, -0.05) is 30.0 Å². The maximum Gasteiger partial charge on any atom is 0.264 e. The predicted octanol–water partition coefficient (Wildman–Crippen LogP) is 1.48. The first-order valence-corrected chi connectivity index (χ1v) is 10.4. The average molecular weight is 439 g/mol. The molecule has 0 aliphatic heterocycles. The van der Waals surface area contributed by atoms with Crippen molar-refractivity contribution in [2.24, 2.45) is 0 Å². The molecule has 3 heterocycles. The molecule has 0 aliphatic carbocycles. The molecule has 0 saturated carbocycles. The lowest BCUT2D eigenvalue weighted by molar-refractivity contribution is -0.118. The van der Waals surface area contributed by atoms with E-state index < -0.39 is 0 Å². The normalized spacial score (nSPS) is 11.0. The molecule has 1 aromatic carbocycles. The highest BCUT2D eigenvalue weighted by Gasteiger charge is 2.12. The van der Waals surface area contributed by atoms with Crippen LogP contribution < -0.4 is 10.9 Å². The van der Waals surface area contributed by atoms with Gasteiger partial charge in [0.15, 0.2) is 10.8 Å². The summed E-state index contributed by atoms with van der Waals surface area (Å²) in [7, 11) is 0. The summed E-state index contributed by atoms with van der Waals surface area (Å²) < 4.78 is 16.8. The fourth-order valence-corrected chi connectivity index (χ4v) is 3.56. The SMILES string of the molecule is O=C(CSc1ncccn1)NCCn1ncc2c(=O)n(Cc3ccccc3F)cnc21. The highest BCUT2D eigenvalue weighted by atomic mass is 32.2. The van der Waals surface area contributed by atoms with E-state index in [-0.39, 0.29) is 29.6 Å². The second kappa shape index (κ2) is 9.47. The summed E-state index contributed by atoms with van der Waals surface area (Å²) in [6.45, 7) is 0.760. The molecule has 0 radical (unpaired) electrons. The molecule has 11 heteroatoms. The maximum absolute atomic E-state index is 13.9. The van der Waals surface area contributed by atoms with Gasteiger partial charge in [-0.2, -0.15) is 5.10 Å². The number of amides is 1. The Morgan fingerprint density at radius 2 is 1.94 bits per heavy atom.